The summed E-state index contributed by atoms with van der Waals surface area (Å²) in [4.78, 5) is 8.62. The number of hydrogen-bond donors (Lipinski definition) is 3. The average Bonchev–Trinajstić information content (AvgIpc) is 3.10. The van der Waals surface area contributed by atoms with Gasteiger partial charge in [-0.2, -0.15) is 0 Å². The van der Waals surface area contributed by atoms with E-state index in [1.165, 1.54) is 24.3 Å². The van der Waals surface area contributed by atoms with Gasteiger partial charge in [0.25, 0.3) is 0 Å². The highest BCUT2D eigenvalue weighted by atomic mass is 19.1. The number of nitrogens with zero attached hydrogens (tertiary/aromatic N) is 3. The number of fused-ring (bicyclic) bond motifs is 1. The lowest BCUT2D eigenvalue weighted by Crippen LogP contribution is -2.23. The maximum Gasteiger partial charge on any atom is 0.146 e. The quantitative estimate of drug-likeness (QED) is 0.528. The van der Waals surface area contributed by atoms with Gasteiger partial charge in [-0.1, -0.05) is 6.92 Å². The lowest BCUT2D eigenvalue weighted by Gasteiger charge is -2.08. The van der Waals surface area contributed by atoms with E-state index in [-0.39, 0.29) is 22.5 Å². The Morgan fingerprint density at radius 2 is 2.03 bits per heavy atom. The fraction of sp³-hybridized carbons (Fsp3) is 0.333. The molecule has 1 fully saturated rings. The fourth-order valence-electron chi connectivity index (χ4n) is 3.46. The summed E-state index contributed by atoms with van der Waals surface area (Å²) in [5.74, 6) is -0.227. The van der Waals surface area contributed by atoms with Crippen molar-refractivity contribution in [2.75, 3.05) is 0 Å². The van der Waals surface area contributed by atoms with Gasteiger partial charge in [0.15, 0.2) is 0 Å². The molecule has 1 aliphatic heterocycles. The highest BCUT2D eigenvalue weighted by Gasteiger charge is 2.41. The zero-order valence-corrected chi connectivity index (χ0v) is 16.1. The van der Waals surface area contributed by atoms with E-state index in [1.54, 1.807) is 0 Å². The predicted molar refractivity (Wildman–Crippen MR) is 109 cm³/mol. The standard InChI is InChI=1S/C21H22F2N6/c1-21(8-9-21)20(26)27-16(25)7-6-15(24)19-18(28-17-3-2-10-29(17)19)13-5-4-12(22)11-14(13)23/h4-7,11,24H,2-3,8-10H2,1H3,(H3,25,26,27)/b7-6-,24-15?. The number of benzene rings is 1. The van der Waals surface area contributed by atoms with Crippen molar-refractivity contribution >= 4 is 17.4 Å². The molecule has 0 saturated heterocycles. The molecule has 1 saturated carbocycles. The van der Waals surface area contributed by atoms with Gasteiger partial charge >= 0.3 is 0 Å². The first-order valence-electron chi connectivity index (χ1n) is 9.53. The largest absolute Gasteiger partial charge is 0.387 e. The molecule has 29 heavy (non-hydrogen) atoms. The fourth-order valence-corrected chi connectivity index (χ4v) is 3.46. The highest BCUT2D eigenvalue weighted by molar-refractivity contribution is 6.13. The van der Waals surface area contributed by atoms with E-state index >= 15 is 0 Å². The van der Waals surface area contributed by atoms with Gasteiger partial charge in [0.2, 0.25) is 0 Å². The number of aryl methyl sites for hydroxylation is 1. The number of rotatable bonds is 5. The van der Waals surface area contributed by atoms with Crippen LogP contribution in [0.4, 0.5) is 8.78 Å². The molecule has 0 unspecified atom stereocenters. The van der Waals surface area contributed by atoms with Gasteiger partial charge in [-0.3, -0.25) is 10.8 Å². The second kappa shape index (κ2) is 7.02. The molecular formula is C21H22F2N6. The Bertz CT molecular complexity index is 1080. The second-order valence-electron chi connectivity index (χ2n) is 7.79. The summed E-state index contributed by atoms with van der Waals surface area (Å²) in [6.07, 6.45) is 6.41. The van der Waals surface area contributed by atoms with Crippen LogP contribution >= 0.6 is 0 Å². The van der Waals surface area contributed by atoms with Crippen LogP contribution in [0.2, 0.25) is 0 Å². The summed E-state index contributed by atoms with van der Waals surface area (Å²) in [5, 5.41) is 16.5. The van der Waals surface area contributed by atoms with Crippen LogP contribution in [0.1, 0.15) is 37.7 Å². The Labute approximate surface area is 167 Å². The zero-order valence-electron chi connectivity index (χ0n) is 16.1. The molecule has 150 valence electrons. The Hall–Kier alpha value is -3.16. The number of aromatic nitrogens is 2. The third-order valence-electron chi connectivity index (χ3n) is 5.54. The van der Waals surface area contributed by atoms with Gasteiger partial charge in [0.1, 0.15) is 34.8 Å². The third kappa shape index (κ3) is 3.62. The van der Waals surface area contributed by atoms with Crippen molar-refractivity contribution in [3.8, 4) is 11.3 Å². The van der Waals surface area contributed by atoms with E-state index in [9.17, 15) is 8.78 Å². The van der Waals surface area contributed by atoms with Crippen LogP contribution in [0.5, 0.6) is 0 Å². The number of nitrogens with one attached hydrogen (secondary N) is 2. The van der Waals surface area contributed by atoms with Crippen LogP contribution in [0, 0.1) is 27.9 Å². The van der Waals surface area contributed by atoms with Crippen LogP contribution in [0.3, 0.4) is 0 Å². The van der Waals surface area contributed by atoms with E-state index in [2.05, 4.69) is 9.98 Å². The van der Waals surface area contributed by atoms with Crippen LogP contribution in [0.15, 0.2) is 35.3 Å². The van der Waals surface area contributed by atoms with Crippen molar-refractivity contribution in [2.45, 2.75) is 39.2 Å². The lowest BCUT2D eigenvalue weighted by molar-refractivity contribution is 0.585. The second-order valence-corrected chi connectivity index (χ2v) is 7.79. The van der Waals surface area contributed by atoms with Crippen LogP contribution < -0.4 is 5.73 Å². The molecule has 1 aliphatic carbocycles. The molecule has 1 aromatic carbocycles. The number of imidazole rings is 1. The van der Waals surface area contributed by atoms with E-state index in [0.717, 1.165) is 37.6 Å². The van der Waals surface area contributed by atoms with Crippen molar-refractivity contribution in [1.82, 2.24) is 9.55 Å². The van der Waals surface area contributed by atoms with Gasteiger partial charge < -0.3 is 10.3 Å². The Morgan fingerprint density at radius 1 is 1.28 bits per heavy atom. The molecule has 6 nitrogen and oxygen atoms in total. The molecular weight excluding hydrogens is 374 g/mol. The van der Waals surface area contributed by atoms with Crippen molar-refractivity contribution in [3.63, 3.8) is 0 Å². The molecule has 0 amide bonds. The SMILES string of the molecule is CC1(C(N)=NC(=N)/C=C\C(=N)c2c(-c3ccc(F)cc3F)nc3n2CCC3)CC1. The van der Waals surface area contributed by atoms with Crippen molar-refractivity contribution in [1.29, 1.82) is 10.8 Å². The number of amidine groups is 2. The number of nitrogens with two attached hydrogens (primary N) is 1. The molecule has 2 heterocycles. The molecule has 2 aromatic rings. The Kier molecular flexibility index (Phi) is 4.64. The summed E-state index contributed by atoms with van der Waals surface area (Å²) in [6, 6.07) is 3.33. The first kappa shape index (κ1) is 19.2. The Morgan fingerprint density at radius 3 is 2.72 bits per heavy atom. The van der Waals surface area contributed by atoms with Crippen LogP contribution in [-0.4, -0.2) is 26.9 Å². The summed E-state index contributed by atoms with van der Waals surface area (Å²) in [7, 11) is 0. The Balaban J connectivity index is 1.65. The number of halogens is 2. The van der Waals surface area contributed by atoms with Crippen molar-refractivity contribution in [3.05, 3.63) is 53.5 Å². The smallest absolute Gasteiger partial charge is 0.146 e. The summed E-state index contributed by atoms with van der Waals surface area (Å²) >= 11 is 0. The highest BCUT2D eigenvalue weighted by Crippen LogP contribution is 2.45. The predicted octanol–water partition coefficient (Wildman–Crippen LogP) is 3.83. The minimum absolute atomic E-state index is 0.0453. The van der Waals surface area contributed by atoms with Crippen molar-refractivity contribution < 1.29 is 8.78 Å². The van der Waals surface area contributed by atoms with Gasteiger partial charge in [-0.15, -0.1) is 0 Å². The van der Waals surface area contributed by atoms with Crippen LogP contribution in [0.25, 0.3) is 11.3 Å². The molecule has 4 rings (SSSR count). The molecule has 0 radical (unpaired) electrons. The summed E-state index contributed by atoms with van der Waals surface area (Å²) < 4.78 is 29.6. The van der Waals surface area contributed by atoms with E-state index < -0.39 is 11.6 Å². The van der Waals surface area contributed by atoms with Crippen molar-refractivity contribution in [2.24, 2.45) is 16.1 Å². The maximum absolute atomic E-state index is 14.4. The zero-order chi connectivity index (χ0) is 20.8. The van der Waals surface area contributed by atoms with Gasteiger partial charge in [0.05, 0.1) is 11.4 Å². The van der Waals surface area contributed by atoms with Crippen LogP contribution in [-0.2, 0) is 13.0 Å². The van der Waals surface area contributed by atoms with E-state index in [4.69, 9.17) is 16.6 Å². The first-order valence-corrected chi connectivity index (χ1v) is 9.53. The normalized spacial score (nSPS) is 17.6. The van der Waals surface area contributed by atoms with Gasteiger partial charge in [-0.05, 0) is 43.5 Å². The number of hydrogen-bond acceptors (Lipinski definition) is 3. The third-order valence-corrected chi connectivity index (χ3v) is 5.54. The van der Waals surface area contributed by atoms with Gasteiger partial charge in [0, 0.05) is 30.0 Å². The van der Waals surface area contributed by atoms with Gasteiger partial charge in [-0.25, -0.2) is 18.8 Å². The maximum atomic E-state index is 14.4. The number of allylic oxidation sites excluding steroid dienone is 1. The minimum Gasteiger partial charge on any atom is -0.387 e. The summed E-state index contributed by atoms with van der Waals surface area (Å²) in [6.45, 7) is 2.68. The molecule has 0 atom stereocenters. The molecule has 8 heteroatoms. The minimum atomic E-state index is -0.720. The molecule has 4 N–H and O–H groups in total. The van der Waals surface area contributed by atoms with E-state index in [1.807, 2.05) is 11.5 Å². The topological polar surface area (TPSA) is 104 Å². The monoisotopic (exact) mass is 396 g/mol. The molecule has 0 bridgehead atoms. The molecule has 0 spiro atoms. The lowest BCUT2D eigenvalue weighted by atomic mass is 10.1. The molecule has 2 aliphatic rings. The molecule has 1 aromatic heterocycles. The number of aliphatic imine (C=N–C) groups is 1. The average molecular weight is 396 g/mol. The summed E-state index contributed by atoms with van der Waals surface area (Å²) in [5.41, 5.74) is 6.84. The first-order chi connectivity index (χ1) is 13.8. The van der Waals surface area contributed by atoms with E-state index in [0.29, 0.717) is 23.8 Å².